The smallest absolute Gasteiger partial charge is 0.383 e. The number of allylic oxidation sites excluding steroid dienone is 1. The molecule has 16 heavy (non-hydrogen) atoms. The number of halogens is 4. The van der Waals surface area contributed by atoms with Crippen molar-refractivity contribution in [2.24, 2.45) is 0 Å². The number of nitrogens with two attached hydrogens (primary N) is 1. The SMILES string of the molecule is Nc1ncc(C=CCCCl)cc1C(F)(F)F. The Morgan fingerprint density at radius 3 is 2.69 bits per heavy atom. The average Bonchev–Trinajstić information content (AvgIpc) is 2.19. The first-order valence-corrected chi connectivity index (χ1v) is 5.04. The summed E-state index contributed by atoms with van der Waals surface area (Å²) >= 11 is 5.43. The first-order chi connectivity index (χ1) is 7.45. The summed E-state index contributed by atoms with van der Waals surface area (Å²) in [5, 5.41) is 0. The number of pyridine rings is 1. The van der Waals surface area contributed by atoms with Gasteiger partial charge < -0.3 is 5.73 Å². The van der Waals surface area contributed by atoms with Crippen molar-refractivity contribution in [2.75, 3.05) is 11.6 Å². The molecule has 0 aliphatic heterocycles. The summed E-state index contributed by atoms with van der Waals surface area (Å²) in [6.45, 7) is 0. The molecule has 0 spiro atoms. The molecule has 0 radical (unpaired) electrons. The largest absolute Gasteiger partial charge is 0.419 e. The molecule has 0 saturated carbocycles. The van der Waals surface area contributed by atoms with Crippen LogP contribution in [-0.2, 0) is 6.18 Å². The lowest BCUT2D eigenvalue weighted by atomic mass is 10.1. The van der Waals surface area contributed by atoms with Crippen LogP contribution in [0.25, 0.3) is 6.08 Å². The predicted octanol–water partition coefficient (Wildman–Crippen LogP) is 3.32. The fraction of sp³-hybridized carbons (Fsp3) is 0.300. The number of rotatable bonds is 3. The quantitative estimate of drug-likeness (QED) is 0.836. The van der Waals surface area contributed by atoms with Crippen molar-refractivity contribution in [3.63, 3.8) is 0 Å². The van der Waals surface area contributed by atoms with E-state index in [1.54, 1.807) is 6.08 Å². The van der Waals surface area contributed by atoms with Gasteiger partial charge >= 0.3 is 6.18 Å². The van der Waals surface area contributed by atoms with Crippen molar-refractivity contribution in [3.8, 4) is 0 Å². The Morgan fingerprint density at radius 1 is 1.44 bits per heavy atom. The molecule has 1 aromatic rings. The van der Waals surface area contributed by atoms with Gasteiger partial charge in [-0.05, 0) is 18.1 Å². The second-order valence-corrected chi connectivity index (χ2v) is 3.46. The Balaban J connectivity index is 2.99. The van der Waals surface area contributed by atoms with Gasteiger partial charge in [-0.2, -0.15) is 13.2 Å². The number of alkyl halides is 4. The molecule has 0 saturated heterocycles. The standard InChI is InChI=1S/C10H10ClF3N2/c11-4-2-1-3-7-5-8(10(12,13)14)9(15)16-6-7/h1,3,5-6H,2,4H2,(H2,15,16). The molecule has 6 heteroatoms. The van der Waals surface area contributed by atoms with Gasteiger partial charge in [0, 0.05) is 12.1 Å². The van der Waals surface area contributed by atoms with Gasteiger partial charge in [0.05, 0.1) is 5.56 Å². The third-order valence-corrected chi connectivity index (χ3v) is 2.05. The number of nitrogens with zero attached hydrogens (tertiary/aromatic N) is 1. The van der Waals surface area contributed by atoms with Gasteiger partial charge in [0.25, 0.3) is 0 Å². The third-order valence-electron chi connectivity index (χ3n) is 1.83. The van der Waals surface area contributed by atoms with Crippen LogP contribution in [0.1, 0.15) is 17.5 Å². The van der Waals surface area contributed by atoms with Crippen LogP contribution in [0.15, 0.2) is 18.3 Å². The van der Waals surface area contributed by atoms with Crippen molar-refractivity contribution in [1.29, 1.82) is 0 Å². The van der Waals surface area contributed by atoms with Crippen LogP contribution in [0, 0.1) is 0 Å². The van der Waals surface area contributed by atoms with Gasteiger partial charge in [0.1, 0.15) is 5.82 Å². The van der Waals surface area contributed by atoms with E-state index in [9.17, 15) is 13.2 Å². The zero-order valence-electron chi connectivity index (χ0n) is 8.26. The average molecular weight is 251 g/mol. The lowest BCUT2D eigenvalue weighted by molar-refractivity contribution is -0.137. The van der Waals surface area contributed by atoms with Gasteiger partial charge in [-0.3, -0.25) is 0 Å². The molecule has 1 aromatic heterocycles. The maximum Gasteiger partial charge on any atom is 0.419 e. The Hall–Kier alpha value is -1.23. The summed E-state index contributed by atoms with van der Waals surface area (Å²) in [6, 6.07) is 0.965. The molecule has 88 valence electrons. The minimum Gasteiger partial charge on any atom is -0.383 e. The molecule has 0 fully saturated rings. The van der Waals surface area contributed by atoms with Crippen LogP contribution in [-0.4, -0.2) is 10.9 Å². The number of hydrogen-bond donors (Lipinski definition) is 1. The van der Waals surface area contributed by atoms with Gasteiger partial charge in [0.2, 0.25) is 0 Å². The molecule has 0 aliphatic carbocycles. The molecule has 1 rings (SSSR count). The monoisotopic (exact) mass is 250 g/mol. The van der Waals surface area contributed by atoms with Gasteiger partial charge in [-0.1, -0.05) is 12.2 Å². The molecule has 0 unspecified atom stereocenters. The fourth-order valence-corrected chi connectivity index (χ4v) is 1.22. The van der Waals surface area contributed by atoms with Crippen molar-refractivity contribution < 1.29 is 13.2 Å². The highest BCUT2D eigenvalue weighted by atomic mass is 35.5. The Kier molecular flexibility index (Phi) is 4.18. The normalized spacial score (nSPS) is 12.2. The maximum atomic E-state index is 12.5. The second-order valence-electron chi connectivity index (χ2n) is 3.08. The molecular formula is C10H10ClF3N2. The Bertz CT molecular complexity index is 388. The van der Waals surface area contributed by atoms with Crippen LogP contribution in [0.4, 0.5) is 19.0 Å². The minimum absolute atomic E-state index is 0.353. The minimum atomic E-state index is -4.48. The van der Waals surface area contributed by atoms with Crippen LogP contribution < -0.4 is 5.73 Å². The van der Waals surface area contributed by atoms with Crippen LogP contribution in [0.5, 0.6) is 0 Å². The topological polar surface area (TPSA) is 38.9 Å². The highest BCUT2D eigenvalue weighted by Gasteiger charge is 2.33. The summed E-state index contributed by atoms with van der Waals surface area (Å²) in [5.41, 5.74) is 4.59. The van der Waals surface area contributed by atoms with E-state index in [1.165, 1.54) is 12.3 Å². The Labute approximate surface area is 95.9 Å². The van der Waals surface area contributed by atoms with E-state index in [-0.39, 0.29) is 0 Å². The predicted molar refractivity (Wildman–Crippen MR) is 58.0 cm³/mol. The van der Waals surface area contributed by atoms with E-state index >= 15 is 0 Å². The highest BCUT2D eigenvalue weighted by Crippen LogP contribution is 2.33. The molecule has 1 heterocycles. The van der Waals surface area contributed by atoms with Gasteiger partial charge in [-0.15, -0.1) is 11.6 Å². The summed E-state index contributed by atoms with van der Waals surface area (Å²) in [6.07, 6.45) is 0.612. The van der Waals surface area contributed by atoms with E-state index in [4.69, 9.17) is 17.3 Å². The first kappa shape index (κ1) is 12.8. The summed E-state index contributed by atoms with van der Waals surface area (Å²) < 4.78 is 37.4. The fourth-order valence-electron chi connectivity index (χ4n) is 1.09. The molecule has 0 atom stereocenters. The number of anilines is 1. The van der Waals surface area contributed by atoms with E-state index in [0.29, 0.717) is 17.9 Å². The first-order valence-electron chi connectivity index (χ1n) is 4.50. The molecule has 0 bridgehead atoms. The maximum absolute atomic E-state index is 12.5. The third kappa shape index (κ3) is 3.41. The summed E-state index contributed by atoms with van der Waals surface area (Å²) in [4.78, 5) is 3.50. The van der Waals surface area contributed by atoms with Gasteiger partial charge in [-0.25, -0.2) is 4.98 Å². The molecule has 0 amide bonds. The van der Waals surface area contributed by atoms with E-state index in [2.05, 4.69) is 4.98 Å². The lowest BCUT2D eigenvalue weighted by Crippen LogP contribution is -2.10. The number of nitrogen functional groups attached to an aromatic ring is 1. The molecule has 0 aromatic carbocycles. The zero-order chi connectivity index (χ0) is 12.2. The Morgan fingerprint density at radius 2 is 2.12 bits per heavy atom. The second kappa shape index (κ2) is 5.21. The van der Waals surface area contributed by atoms with Crippen molar-refractivity contribution in [3.05, 3.63) is 29.5 Å². The van der Waals surface area contributed by atoms with Gasteiger partial charge in [0.15, 0.2) is 0 Å². The van der Waals surface area contributed by atoms with E-state index in [0.717, 1.165) is 6.07 Å². The number of hydrogen-bond acceptors (Lipinski definition) is 2. The van der Waals surface area contributed by atoms with Crippen molar-refractivity contribution in [1.82, 2.24) is 4.98 Å². The van der Waals surface area contributed by atoms with Crippen molar-refractivity contribution >= 4 is 23.5 Å². The highest BCUT2D eigenvalue weighted by molar-refractivity contribution is 6.17. The zero-order valence-corrected chi connectivity index (χ0v) is 9.02. The molecular weight excluding hydrogens is 241 g/mol. The molecule has 2 nitrogen and oxygen atoms in total. The molecule has 2 N–H and O–H groups in total. The van der Waals surface area contributed by atoms with Crippen LogP contribution in [0.2, 0.25) is 0 Å². The van der Waals surface area contributed by atoms with Crippen molar-refractivity contribution in [2.45, 2.75) is 12.6 Å². The summed E-state index contributed by atoms with van der Waals surface area (Å²) in [7, 11) is 0. The van der Waals surface area contributed by atoms with Crippen LogP contribution in [0.3, 0.4) is 0 Å². The summed E-state index contributed by atoms with van der Waals surface area (Å²) in [5.74, 6) is -0.0904. The van der Waals surface area contributed by atoms with E-state index < -0.39 is 17.6 Å². The molecule has 0 aliphatic rings. The van der Waals surface area contributed by atoms with Crippen LogP contribution >= 0.6 is 11.6 Å². The number of aromatic nitrogens is 1. The van der Waals surface area contributed by atoms with E-state index in [1.807, 2.05) is 0 Å². The lowest BCUT2D eigenvalue weighted by Gasteiger charge is -2.09.